The number of benzene rings is 1. The molecule has 0 saturated heterocycles. The quantitative estimate of drug-likeness (QED) is 0.883. The summed E-state index contributed by atoms with van der Waals surface area (Å²) in [7, 11) is 1.56. The molecule has 0 aliphatic rings. The van der Waals surface area contributed by atoms with Crippen LogP contribution in [0.2, 0.25) is 0 Å². The third kappa shape index (κ3) is 2.01. The number of aryl methyl sites for hydroxylation is 1. The lowest BCUT2D eigenvalue weighted by Crippen LogP contribution is -1.94. The highest BCUT2D eigenvalue weighted by atomic mass is 16.5. The van der Waals surface area contributed by atoms with E-state index in [1.165, 1.54) is 0 Å². The maximum Gasteiger partial charge on any atom is 0.372 e. The van der Waals surface area contributed by atoms with Crippen molar-refractivity contribution in [1.29, 1.82) is 0 Å². The van der Waals surface area contributed by atoms with Gasteiger partial charge in [0.1, 0.15) is 11.5 Å². The number of hydrogen-bond donors (Lipinski definition) is 1. The number of hydrogen-bond acceptors (Lipinski definition) is 3. The van der Waals surface area contributed by atoms with Gasteiger partial charge in [-0.1, -0.05) is 12.1 Å². The molecule has 88 valence electrons. The molecule has 0 bridgehead atoms. The molecule has 4 nitrogen and oxygen atoms in total. The van der Waals surface area contributed by atoms with E-state index in [1.807, 2.05) is 18.2 Å². The number of para-hydroxylation sites is 1. The van der Waals surface area contributed by atoms with Crippen molar-refractivity contribution in [2.45, 2.75) is 6.92 Å². The van der Waals surface area contributed by atoms with Gasteiger partial charge in [-0.25, -0.2) is 4.79 Å². The lowest BCUT2D eigenvalue weighted by molar-refractivity contribution is 0.0662. The fourth-order valence-corrected chi connectivity index (χ4v) is 1.68. The van der Waals surface area contributed by atoms with Crippen LogP contribution in [-0.2, 0) is 0 Å². The highest BCUT2D eigenvalue weighted by Gasteiger charge is 2.17. The first-order valence-corrected chi connectivity index (χ1v) is 5.10. The average Bonchev–Trinajstić information content (AvgIpc) is 2.71. The first-order valence-electron chi connectivity index (χ1n) is 5.10. The van der Waals surface area contributed by atoms with Crippen LogP contribution in [0.25, 0.3) is 11.3 Å². The van der Waals surface area contributed by atoms with E-state index in [0.29, 0.717) is 17.1 Å². The lowest BCUT2D eigenvalue weighted by Gasteiger charge is -2.04. The van der Waals surface area contributed by atoms with Gasteiger partial charge in [0.25, 0.3) is 0 Å². The smallest absolute Gasteiger partial charge is 0.372 e. The molecule has 0 aliphatic carbocycles. The van der Waals surface area contributed by atoms with Crippen molar-refractivity contribution in [2.24, 2.45) is 0 Å². The van der Waals surface area contributed by atoms with Crippen LogP contribution >= 0.6 is 0 Å². The molecule has 0 aliphatic heterocycles. The highest BCUT2D eigenvalue weighted by Crippen LogP contribution is 2.32. The minimum Gasteiger partial charge on any atom is -0.496 e. The van der Waals surface area contributed by atoms with Crippen molar-refractivity contribution in [3.63, 3.8) is 0 Å². The van der Waals surface area contributed by atoms with Gasteiger partial charge in [-0.2, -0.15) is 0 Å². The Labute approximate surface area is 98.4 Å². The van der Waals surface area contributed by atoms with Gasteiger partial charge in [-0.15, -0.1) is 0 Å². The number of carbonyl (C=O) groups is 1. The zero-order valence-electron chi connectivity index (χ0n) is 9.56. The predicted molar refractivity (Wildman–Crippen MR) is 62.4 cm³/mol. The first-order chi connectivity index (χ1) is 8.13. The van der Waals surface area contributed by atoms with E-state index < -0.39 is 5.97 Å². The Bertz CT molecular complexity index is 554. The third-order valence-corrected chi connectivity index (χ3v) is 2.48. The van der Waals surface area contributed by atoms with Crippen molar-refractivity contribution < 1.29 is 19.1 Å². The topological polar surface area (TPSA) is 59.7 Å². The summed E-state index contributed by atoms with van der Waals surface area (Å²) >= 11 is 0. The highest BCUT2D eigenvalue weighted by molar-refractivity contribution is 5.87. The molecule has 1 aromatic carbocycles. The van der Waals surface area contributed by atoms with Gasteiger partial charge in [0.15, 0.2) is 0 Å². The fraction of sp³-hybridized carbons (Fsp3) is 0.154. The summed E-state index contributed by atoms with van der Waals surface area (Å²) < 4.78 is 10.5. The number of ether oxygens (including phenoxy) is 1. The Morgan fingerprint density at radius 1 is 1.35 bits per heavy atom. The Hall–Kier alpha value is -2.23. The second-order valence-corrected chi connectivity index (χ2v) is 3.63. The molecular weight excluding hydrogens is 220 g/mol. The number of carboxylic acids is 1. The molecule has 1 N–H and O–H groups in total. The van der Waals surface area contributed by atoms with Crippen LogP contribution in [0.4, 0.5) is 0 Å². The molecule has 4 heteroatoms. The average molecular weight is 232 g/mol. The molecule has 0 atom stereocenters. The summed E-state index contributed by atoms with van der Waals surface area (Å²) in [6.45, 7) is 1.70. The standard InChI is InChI=1S/C13H12O4/c1-8-7-11(17-12(8)13(14)15)9-5-3-4-6-10(9)16-2/h3-7H,1-2H3,(H,14,15). The summed E-state index contributed by atoms with van der Waals surface area (Å²) in [5, 5.41) is 8.93. The molecule has 2 aromatic rings. The number of aromatic carboxylic acids is 1. The van der Waals surface area contributed by atoms with E-state index in [0.717, 1.165) is 5.56 Å². The molecule has 1 heterocycles. The second-order valence-electron chi connectivity index (χ2n) is 3.63. The van der Waals surface area contributed by atoms with Gasteiger partial charge in [0.05, 0.1) is 12.7 Å². The largest absolute Gasteiger partial charge is 0.496 e. The molecule has 0 fully saturated rings. The Morgan fingerprint density at radius 3 is 2.65 bits per heavy atom. The van der Waals surface area contributed by atoms with Crippen LogP contribution in [0, 0.1) is 6.92 Å². The Balaban J connectivity index is 2.53. The molecule has 0 spiro atoms. The normalized spacial score (nSPS) is 10.2. The summed E-state index contributed by atoms with van der Waals surface area (Å²) in [6, 6.07) is 9.00. The van der Waals surface area contributed by atoms with Crippen LogP contribution in [0.1, 0.15) is 16.1 Å². The monoisotopic (exact) mass is 232 g/mol. The first kappa shape index (κ1) is 11.3. The van der Waals surface area contributed by atoms with E-state index in [9.17, 15) is 4.79 Å². The van der Waals surface area contributed by atoms with E-state index in [2.05, 4.69) is 0 Å². The minimum atomic E-state index is -1.07. The second kappa shape index (κ2) is 4.33. The van der Waals surface area contributed by atoms with Crippen LogP contribution in [0.5, 0.6) is 5.75 Å². The van der Waals surface area contributed by atoms with Gasteiger partial charge >= 0.3 is 5.97 Å². The Morgan fingerprint density at radius 2 is 2.06 bits per heavy atom. The van der Waals surface area contributed by atoms with Crippen molar-refractivity contribution in [2.75, 3.05) is 7.11 Å². The molecule has 0 saturated carbocycles. The van der Waals surface area contributed by atoms with Gasteiger partial charge in [0.2, 0.25) is 5.76 Å². The van der Waals surface area contributed by atoms with Crippen LogP contribution in [-0.4, -0.2) is 18.2 Å². The molecule has 0 radical (unpaired) electrons. The SMILES string of the molecule is COc1ccccc1-c1cc(C)c(C(=O)O)o1. The Kier molecular flexibility index (Phi) is 2.87. The summed E-state index contributed by atoms with van der Waals surface area (Å²) in [4.78, 5) is 10.9. The van der Waals surface area contributed by atoms with E-state index in [4.69, 9.17) is 14.3 Å². The van der Waals surface area contributed by atoms with Crippen LogP contribution < -0.4 is 4.74 Å². The number of furan rings is 1. The van der Waals surface area contributed by atoms with Crippen LogP contribution in [0.3, 0.4) is 0 Å². The van der Waals surface area contributed by atoms with E-state index >= 15 is 0 Å². The zero-order chi connectivity index (χ0) is 12.4. The van der Waals surface area contributed by atoms with Gasteiger partial charge in [-0.05, 0) is 25.1 Å². The van der Waals surface area contributed by atoms with Crippen LogP contribution in [0.15, 0.2) is 34.7 Å². The summed E-state index contributed by atoms with van der Waals surface area (Å²) in [5.41, 5.74) is 1.34. The van der Waals surface area contributed by atoms with Crippen molar-refractivity contribution in [1.82, 2.24) is 0 Å². The van der Waals surface area contributed by atoms with E-state index in [-0.39, 0.29) is 5.76 Å². The summed E-state index contributed by atoms with van der Waals surface area (Å²) in [5.74, 6) is 0.0464. The number of carboxylic acid groups (broad SMARTS) is 1. The van der Waals surface area contributed by atoms with E-state index in [1.54, 1.807) is 26.2 Å². The van der Waals surface area contributed by atoms with Crippen molar-refractivity contribution >= 4 is 5.97 Å². The minimum absolute atomic E-state index is 0.0362. The molecule has 2 rings (SSSR count). The maximum absolute atomic E-state index is 10.9. The molecule has 17 heavy (non-hydrogen) atoms. The summed E-state index contributed by atoms with van der Waals surface area (Å²) in [6.07, 6.45) is 0. The predicted octanol–water partition coefficient (Wildman–Crippen LogP) is 2.96. The third-order valence-electron chi connectivity index (χ3n) is 2.48. The molecular formula is C13H12O4. The van der Waals surface area contributed by atoms with Crippen molar-refractivity contribution in [3.05, 3.63) is 41.7 Å². The van der Waals surface area contributed by atoms with Gasteiger partial charge in [-0.3, -0.25) is 0 Å². The molecule has 0 unspecified atom stereocenters. The lowest BCUT2D eigenvalue weighted by atomic mass is 10.1. The maximum atomic E-state index is 10.9. The zero-order valence-corrected chi connectivity index (χ0v) is 9.56. The van der Waals surface area contributed by atoms with Crippen molar-refractivity contribution in [3.8, 4) is 17.1 Å². The van der Waals surface area contributed by atoms with Gasteiger partial charge in [0, 0.05) is 5.56 Å². The molecule has 1 aromatic heterocycles. The van der Waals surface area contributed by atoms with Gasteiger partial charge < -0.3 is 14.3 Å². The fourth-order valence-electron chi connectivity index (χ4n) is 1.68. The number of methoxy groups -OCH3 is 1. The number of rotatable bonds is 3. The molecule has 0 amide bonds.